The maximum Gasteiger partial charge on any atom is 1.00 e. The Hall–Kier alpha value is -7.71. The topological polar surface area (TPSA) is 305 Å². The predicted molar refractivity (Wildman–Crippen MR) is 338 cm³/mol. The summed E-state index contributed by atoms with van der Waals surface area (Å²) in [5.41, 5.74) is 11.4. The number of benzene rings is 3. The quantitative estimate of drug-likeness (QED) is 0.0299. The van der Waals surface area contributed by atoms with Gasteiger partial charge in [0.15, 0.2) is 17.0 Å². The Kier molecular flexibility index (Phi) is 34.6. The van der Waals surface area contributed by atoms with E-state index in [1.54, 1.807) is 6.92 Å². The number of anilines is 3. The van der Waals surface area contributed by atoms with Gasteiger partial charge < -0.3 is 82.9 Å². The second-order valence-corrected chi connectivity index (χ2v) is 21.9. The largest absolute Gasteiger partial charge is 1.00 e. The molecule has 5 N–H and O–H groups in total. The minimum Gasteiger partial charge on any atom is -1.00 e. The first kappa shape index (κ1) is 80.3. The average Bonchev–Trinajstić information content (AvgIpc) is 0.830. The number of pyridine rings is 2. The number of nitrogens with one attached hydrogen (secondary N) is 2. The molecule has 8 rings (SSSR count). The molecule has 2 aromatic heterocycles. The summed E-state index contributed by atoms with van der Waals surface area (Å²) < 4.78 is 17.6. The molecule has 3 aromatic carbocycles. The van der Waals surface area contributed by atoms with Gasteiger partial charge in [-0.2, -0.15) is 9.59 Å². The van der Waals surface area contributed by atoms with E-state index in [1.165, 1.54) is 93.9 Å². The summed E-state index contributed by atoms with van der Waals surface area (Å²) in [5.74, 6) is -5.21. The van der Waals surface area contributed by atoms with Crippen molar-refractivity contribution < 1.29 is 111 Å². The van der Waals surface area contributed by atoms with Crippen LogP contribution in [0.15, 0.2) is 69.2 Å². The third-order valence-corrected chi connectivity index (χ3v) is 14.5. The second-order valence-electron chi connectivity index (χ2n) is 21.9. The molecule has 0 aliphatic carbocycles. The molecule has 5 heterocycles. The number of ether oxygens (including phenoxy) is 4. The number of fused-ring (bicyclic) bond motifs is 3. The van der Waals surface area contributed by atoms with E-state index in [0.717, 1.165) is 68.4 Å². The third-order valence-electron chi connectivity index (χ3n) is 14.5. The number of aromatic nitrogens is 2. The molecule has 0 fully saturated rings. The SMILES string of the molecule is CCCC(=NC(C)(C)C)c1ccc2c(c1)CCCN2C.CCOC(C)=O.CCc1c(-c2ccc3c(c2)CCCN3C)[nH]c(=O)c(C(=O)O)c1O.CCc1c(-c2ccc3c(c2)CCCN3C)[nH]c(=O)c(C(=O)OC)c1O.COC(=O)C(C)C(=O)OC.O=C=O.[I-].[Li+]. The molecule has 3 aliphatic rings. The minimum absolute atomic E-state index is 0. The van der Waals surface area contributed by atoms with Crippen molar-refractivity contribution in [1.29, 1.82) is 0 Å². The van der Waals surface area contributed by atoms with E-state index in [2.05, 4.69) is 104 Å². The fraction of sp³-hybridized carbons (Fsp3) is 0.470. The van der Waals surface area contributed by atoms with E-state index in [-0.39, 0.29) is 71.8 Å². The van der Waals surface area contributed by atoms with Gasteiger partial charge in [-0.05, 0) is 162 Å². The number of hydrogen-bond donors (Lipinski definition) is 5. The van der Waals surface area contributed by atoms with Gasteiger partial charge in [0.05, 0.1) is 44.9 Å². The number of nitrogens with zero attached hydrogens (tertiary/aromatic N) is 4. The van der Waals surface area contributed by atoms with Crippen LogP contribution in [0, 0.1) is 5.92 Å². The van der Waals surface area contributed by atoms with Crippen molar-refractivity contribution in [3.05, 3.63) is 120 Å². The Morgan fingerprint density at radius 3 is 1.38 bits per heavy atom. The van der Waals surface area contributed by atoms with Crippen molar-refractivity contribution in [1.82, 2.24) is 9.97 Å². The predicted octanol–water partition coefficient (Wildman–Crippen LogP) is 3.29. The molecule has 0 radical (unpaired) electrons. The molecule has 0 saturated heterocycles. The standard InChI is InChI=1S/C19H22N2O4.C18H20N2O4.C18H28N2.C6H10O4.C4H8O2.CO2.HI.Li/c1-4-13-16(20-18(23)15(17(13)22)19(24)25-3)12-7-8-14-11(10-12)6-5-9-21(14)2;1-3-12-15(19-17(22)14(16(12)21)18(23)24)11-6-7-13-10(9-11)5-4-8-20(13)2;1-6-8-16(19-18(2,3)4)14-10-11-17-15(13-14)9-7-12-20(17)5;1-4(5(7)9-2)6(8)10-3;1-3-6-4(2)5;2-1-3;;/h7-8,10H,4-6,9H2,1-3H3,(H2,20,22,23);6-7,9H,3-5,8H2,1-2H3,(H,23,24)(H2,19,21,22);10-11,13H,6-9,12H2,1-5H3;4H,1-3H3;3H2,1-2H3;;1H;/q;;;;;;;+1/p-1. The van der Waals surface area contributed by atoms with Gasteiger partial charge in [-0.3, -0.25) is 29.0 Å². The van der Waals surface area contributed by atoms with Crippen LogP contribution in [0.3, 0.4) is 0 Å². The number of halogens is 1. The number of methoxy groups -OCH3 is 3. The van der Waals surface area contributed by atoms with E-state index in [0.29, 0.717) is 42.0 Å². The summed E-state index contributed by atoms with van der Waals surface area (Å²) in [6.07, 6.45) is 9.87. The molecule has 0 spiro atoms. The number of aryl methyl sites for hydroxylation is 3. The Morgan fingerprint density at radius 1 is 0.656 bits per heavy atom. The zero-order valence-corrected chi connectivity index (χ0v) is 57.1. The first-order valence-electron chi connectivity index (χ1n) is 29.3. The van der Waals surface area contributed by atoms with Crippen LogP contribution in [-0.4, -0.2) is 141 Å². The molecule has 0 amide bonds. The fourth-order valence-corrected chi connectivity index (χ4v) is 10.3. The van der Waals surface area contributed by atoms with Gasteiger partial charge in [0, 0.05) is 81.6 Å². The smallest absolute Gasteiger partial charge is 1.00 e. The van der Waals surface area contributed by atoms with E-state index in [1.807, 2.05) is 57.3 Å². The number of rotatable bonds is 12. The Bertz CT molecular complexity index is 3430. The molecule has 0 saturated carbocycles. The third kappa shape index (κ3) is 22.3. The molecule has 0 bridgehead atoms. The van der Waals surface area contributed by atoms with Gasteiger partial charge in [0.1, 0.15) is 11.5 Å². The van der Waals surface area contributed by atoms with Gasteiger partial charge in [-0.15, -0.1) is 0 Å². The first-order valence-corrected chi connectivity index (χ1v) is 29.3. The maximum atomic E-state index is 12.3. The van der Waals surface area contributed by atoms with Crippen molar-refractivity contribution >= 4 is 58.8 Å². The number of carbonyl (C=O) groups is 5. The Balaban J connectivity index is 0.000000587. The van der Waals surface area contributed by atoms with Gasteiger partial charge in [-0.25, -0.2) is 9.59 Å². The van der Waals surface area contributed by atoms with Crippen LogP contribution in [0.5, 0.6) is 11.5 Å². The van der Waals surface area contributed by atoms with Crippen LogP contribution in [0.25, 0.3) is 22.5 Å². The summed E-state index contributed by atoms with van der Waals surface area (Å²) in [6, 6.07) is 18.8. The van der Waals surface area contributed by atoms with Crippen LogP contribution < -0.4 is 68.7 Å². The summed E-state index contributed by atoms with van der Waals surface area (Å²) in [5, 5.41) is 29.8. The number of carbonyl (C=O) groups excluding carboxylic acids is 6. The number of aromatic carboxylic acids is 1. The van der Waals surface area contributed by atoms with Gasteiger partial charge in [0.2, 0.25) is 0 Å². The number of aromatic hydroxyl groups is 2. The Labute approximate surface area is 556 Å². The summed E-state index contributed by atoms with van der Waals surface area (Å²) in [6.45, 7) is 20.7. The molecule has 5 aromatic rings. The summed E-state index contributed by atoms with van der Waals surface area (Å²) in [4.78, 5) is 112. The van der Waals surface area contributed by atoms with Crippen molar-refractivity contribution in [3.8, 4) is 34.0 Å². The van der Waals surface area contributed by atoms with Crippen LogP contribution in [0.1, 0.15) is 149 Å². The van der Waals surface area contributed by atoms with Crippen LogP contribution in [0.4, 0.5) is 17.1 Å². The molecule has 3 aliphatic heterocycles. The molecule has 90 heavy (non-hydrogen) atoms. The van der Waals surface area contributed by atoms with Crippen molar-refractivity contribution in [2.45, 2.75) is 132 Å². The number of hydrogen-bond acceptors (Lipinski definition) is 19. The van der Waals surface area contributed by atoms with E-state index >= 15 is 0 Å². The van der Waals surface area contributed by atoms with E-state index < -0.39 is 52.2 Å². The van der Waals surface area contributed by atoms with E-state index in [9.17, 15) is 43.8 Å². The number of carboxylic acid groups (broad SMARTS) is 1. The van der Waals surface area contributed by atoms with Crippen molar-refractivity contribution in [2.75, 3.05) is 83.4 Å². The molecular formula is C66H88ILiN6O16. The average molecular weight is 1360 g/mol. The van der Waals surface area contributed by atoms with Crippen molar-refractivity contribution in [2.24, 2.45) is 10.9 Å². The monoisotopic (exact) mass is 1350 g/mol. The fourth-order valence-electron chi connectivity index (χ4n) is 10.3. The zero-order chi connectivity index (χ0) is 66.2. The summed E-state index contributed by atoms with van der Waals surface area (Å²) in [7, 11) is 9.93. The van der Waals surface area contributed by atoms with Crippen LogP contribution in [0.2, 0.25) is 0 Å². The molecule has 22 nitrogen and oxygen atoms in total. The number of H-pyrrole nitrogens is 2. The minimum atomic E-state index is -1.43. The summed E-state index contributed by atoms with van der Waals surface area (Å²) >= 11 is 0. The number of aromatic amines is 2. The first-order chi connectivity index (χ1) is 41.6. The van der Waals surface area contributed by atoms with Crippen LogP contribution >= 0.6 is 0 Å². The molecule has 486 valence electrons. The zero-order valence-electron chi connectivity index (χ0n) is 55.0. The van der Waals surface area contributed by atoms with E-state index in [4.69, 9.17) is 19.7 Å². The van der Waals surface area contributed by atoms with Gasteiger partial charge in [-0.1, -0.05) is 45.4 Å². The number of aliphatic imine (C=N–C) groups is 1. The normalized spacial score (nSPS) is 12.6. The Morgan fingerprint density at radius 2 is 1.04 bits per heavy atom. The van der Waals surface area contributed by atoms with Crippen LogP contribution in [-0.2, 0) is 75.0 Å². The molecular weight excluding hydrogens is 1270 g/mol. The van der Waals surface area contributed by atoms with Gasteiger partial charge >= 0.3 is 54.9 Å². The maximum absolute atomic E-state index is 12.3. The number of esters is 4. The van der Waals surface area contributed by atoms with Crippen molar-refractivity contribution in [3.63, 3.8) is 0 Å². The molecule has 0 atom stereocenters. The second kappa shape index (κ2) is 38.7. The molecule has 24 heteroatoms. The van der Waals surface area contributed by atoms with Gasteiger partial charge in [0.25, 0.3) is 11.1 Å². The molecule has 0 unspecified atom stereocenters. The number of carboxylic acids is 1.